The summed E-state index contributed by atoms with van der Waals surface area (Å²) < 4.78 is 1.79. The number of nitrogens with one attached hydrogen (secondary N) is 1. The molecule has 1 aliphatic heterocycles. The lowest BCUT2D eigenvalue weighted by Crippen LogP contribution is -2.38. The lowest BCUT2D eigenvalue weighted by molar-refractivity contribution is -0.129. The molecule has 5 heteroatoms. The molecule has 0 saturated carbocycles. The molecular weight excluding hydrogens is 216 g/mol. The van der Waals surface area contributed by atoms with Crippen LogP contribution in [-0.4, -0.2) is 46.3 Å². The molecule has 0 radical (unpaired) electrons. The molecule has 1 atom stereocenters. The van der Waals surface area contributed by atoms with Gasteiger partial charge in [-0.1, -0.05) is 6.92 Å². The van der Waals surface area contributed by atoms with Crippen molar-refractivity contribution in [3.63, 3.8) is 0 Å². The van der Waals surface area contributed by atoms with Gasteiger partial charge in [0, 0.05) is 32.8 Å². The highest BCUT2D eigenvalue weighted by atomic mass is 16.2. The maximum atomic E-state index is 12.0. The second-order valence-electron chi connectivity index (χ2n) is 4.45. The fraction of sp³-hybridized carbons (Fsp3) is 0.667. The van der Waals surface area contributed by atoms with Gasteiger partial charge in [-0.25, -0.2) is 0 Å². The Labute approximate surface area is 102 Å². The summed E-state index contributed by atoms with van der Waals surface area (Å²) in [5, 5.41) is 7.53. The fourth-order valence-electron chi connectivity index (χ4n) is 2.24. The smallest absolute Gasteiger partial charge is 0.239 e. The molecule has 1 aromatic heterocycles. The maximum absolute atomic E-state index is 12.0. The van der Waals surface area contributed by atoms with E-state index in [4.69, 9.17) is 0 Å². The number of likely N-dealkylation sites (tertiary alicyclic amines) is 1. The molecule has 0 spiro atoms. The molecule has 1 aromatic rings. The van der Waals surface area contributed by atoms with Crippen molar-refractivity contribution in [2.75, 3.05) is 19.6 Å². The first kappa shape index (κ1) is 12.1. The predicted molar refractivity (Wildman–Crippen MR) is 65.6 cm³/mol. The van der Waals surface area contributed by atoms with Crippen LogP contribution < -0.4 is 5.32 Å². The Hall–Kier alpha value is -1.36. The van der Waals surface area contributed by atoms with Gasteiger partial charge in [0.15, 0.2) is 0 Å². The first-order valence-corrected chi connectivity index (χ1v) is 6.21. The number of nitrogens with zero attached hydrogens (tertiary/aromatic N) is 3. The largest absolute Gasteiger partial charge is 0.341 e. The molecule has 2 rings (SSSR count). The van der Waals surface area contributed by atoms with Gasteiger partial charge in [0.2, 0.25) is 5.91 Å². The molecule has 1 aliphatic rings. The van der Waals surface area contributed by atoms with Crippen LogP contribution in [0.4, 0.5) is 0 Å². The third-order valence-electron chi connectivity index (χ3n) is 3.15. The van der Waals surface area contributed by atoms with E-state index >= 15 is 0 Å². The zero-order valence-electron chi connectivity index (χ0n) is 10.5. The Morgan fingerprint density at radius 2 is 2.41 bits per heavy atom. The third-order valence-corrected chi connectivity index (χ3v) is 3.15. The summed E-state index contributed by atoms with van der Waals surface area (Å²) in [4.78, 5) is 13.9. The minimum absolute atomic E-state index is 0.0312. The summed E-state index contributed by atoms with van der Waals surface area (Å²) >= 11 is 0. The van der Waals surface area contributed by atoms with Crippen LogP contribution in [0.5, 0.6) is 0 Å². The molecule has 1 N–H and O–H groups in total. The van der Waals surface area contributed by atoms with Crippen molar-refractivity contribution >= 4 is 5.91 Å². The Morgan fingerprint density at radius 1 is 1.59 bits per heavy atom. The van der Waals surface area contributed by atoms with Gasteiger partial charge < -0.3 is 10.2 Å². The molecule has 2 heterocycles. The van der Waals surface area contributed by atoms with Crippen molar-refractivity contribution in [3.8, 4) is 0 Å². The SMILES string of the molecule is CCNC1CCN(CCc2ccn(C)n2)C1=O. The van der Waals surface area contributed by atoms with Gasteiger partial charge >= 0.3 is 0 Å². The van der Waals surface area contributed by atoms with E-state index in [1.165, 1.54) is 0 Å². The molecule has 1 unspecified atom stereocenters. The Bertz CT molecular complexity index is 388. The Kier molecular flexibility index (Phi) is 3.78. The maximum Gasteiger partial charge on any atom is 0.239 e. The van der Waals surface area contributed by atoms with Crippen LogP contribution in [0, 0.1) is 0 Å². The van der Waals surface area contributed by atoms with Gasteiger partial charge in [-0.15, -0.1) is 0 Å². The first-order valence-electron chi connectivity index (χ1n) is 6.21. The predicted octanol–water partition coefficient (Wildman–Crippen LogP) is 0.173. The van der Waals surface area contributed by atoms with E-state index in [2.05, 4.69) is 10.4 Å². The van der Waals surface area contributed by atoms with E-state index in [0.29, 0.717) is 0 Å². The molecule has 1 fully saturated rings. The second kappa shape index (κ2) is 5.31. The lowest BCUT2D eigenvalue weighted by Gasteiger charge is -2.16. The van der Waals surface area contributed by atoms with Crippen LogP contribution in [0.1, 0.15) is 19.0 Å². The highest BCUT2D eigenvalue weighted by Crippen LogP contribution is 2.11. The quantitative estimate of drug-likeness (QED) is 0.793. The van der Waals surface area contributed by atoms with E-state index in [1.807, 2.05) is 31.1 Å². The highest BCUT2D eigenvalue weighted by molar-refractivity contribution is 5.83. The summed E-state index contributed by atoms with van der Waals surface area (Å²) in [5.74, 6) is 0.239. The molecule has 5 nitrogen and oxygen atoms in total. The molecular formula is C12H20N4O. The number of hydrogen-bond acceptors (Lipinski definition) is 3. The fourth-order valence-corrected chi connectivity index (χ4v) is 2.24. The second-order valence-corrected chi connectivity index (χ2v) is 4.45. The topological polar surface area (TPSA) is 50.2 Å². The van der Waals surface area contributed by atoms with Gasteiger partial charge in [-0.05, 0) is 19.0 Å². The van der Waals surface area contributed by atoms with Gasteiger partial charge in [0.25, 0.3) is 0 Å². The van der Waals surface area contributed by atoms with Crippen molar-refractivity contribution in [1.29, 1.82) is 0 Å². The van der Waals surface area contributed by atoms with Crippen LogP contribution in [0.15, 0.2) is 12.3 Å². The third kappa shape index (κ3) is 2.85. The van der Waals surface area contributed by atoms with E-state index in [-0.39, 0.29) is 11.9 Å². The number of aryl methyl sites for hydroxylation is 1. The molecule has 1 amide bonds. The number of hydrogen-bond donors (Lipinski definition) is 1. The van der Waals surface area contributed by atoms with Gasteiger partial charge in [-0.3, -0.25) is 9.48 Å². The number of amides is 1. The molecule has 1 saturated heterocycles. The molecule has 0 aromatic carbocycles. The van der Waals surface area contributed by atoms with Crippen LogP contribution in [0.2, 0.25) is 0 Å². The van der Waals surface area contributed by atoms with E-state index in [0.717, 1.165) is 38.2 Å². The average Bonchev–Trinajstić information content (AvgIpc) is 2.86. The zero-order chi connectivity index (χ0) is 12.3. The molecule has 17 heavy (non-hydrogen) atoms. The Balaban J connectivity index is 1.82. The van der Waals surface area contributed by atoms with Crippen LogP contribution in [0.3, 0.4) is 0 Å². The summed E-state index contributed by atoms with van der Waals surface area (Å²) in [7, 11) is 1.91. The average molecular weight is 236 g/mol. The number of carbonyl (C=O) groups is 1. The highest BCUT2D eigenvalue weighted by Gasteiger charge is 2.30. The summed E-state index contributed by atoms with van der Waals surface area (Å²) in [6.45, 7) is 4.52. The normalized spacial score (nSPS) is 20.2. The van der Waals surface area contributed by atoms with Crippen LogP contribution in [-0.2, 0) is 18.3 Å². The Morgan fingerprint density at radius 3 is 3.06 bits per heavy atom. The van der Waals surface area contributed by atoms with Gasteiger partial charge in [0.05, 0.1) is 11.7 Å². The lowest BCUT2D eigenvalue weighted by atomic mass is 10.2. The summed E-state index contributed by atoms with van der Waals surface area (Å²) in [6.07, 6.45) is 3.70. The van der Waals surface area contributed by atoms with E-state index in [1.54, 1.807) is 4.68 Å². The first-order chi connectivity index (χ1) is 8.20. The van der Waals surface area contributed by atoms with Crippen LogP contribution >= 0.6 is 0 Å². The minimum Gasteiger partial charge on any atom is -0.341 e. The van der Waals surface area contributed by atoms with Crippen molar-refractivity contribution in [1.82, 2.24) is 20.0 Å². The number of likely N-dealkylation sites (N-methyl/N-ethyl adjacent to an activating group) is 1. The monoisotopic (exact) mass is 236 g/mol. The van der Waals surface area contributed by atoms with Crippen LogP contribution in [0.25, 0.3) is 0 Å². The van der Waals surface area contributed by atoms with Gasteiger partial charge in [0.1, 0.15) is 0 Å². The van der Waals surface area contributed by atoms with Crippen molar-refractivity contribution in [2.24, 2.45) is 7.05 Å². The molecule has 94 valence electrons. The van der Waals surface area contributed by atoms with Crippen molar-refractivity contribution in [2.45, 2.75) is 25.8 Å². The van der Waals surface area contributed by atoms with E-state index < -0.39 is 0 Å². The van der Waals surface area contributed by atoms with Crippen molar-refractivity contribution < 1.29 is 4.79 Å². The summed E-state index contributed by atoms with van der Waals surface area (Å²) in [5.41, 5.74) is 1.05. The summed E-state index contributed by atoms with van der Waals surface area (Å²) in [6, 6.07) is 2.03. The molecule has 0 aliphatic carbocycles. The zero-order valence-corrected chi connectivity index (χ0v) is 10.5. The van der Waals surface area contributed by atoms with Gasteiger partial charge in [-0.2, -0.15) is 5.10 Å². The number of carbonyl (C=O) groups excluding carboxylic acids is 1. The molecule has 0 bridgehead atoms. The number of aromatic nitrogens is 2. The van der Waals surface area contributed by atoms with E-state index in [9.17, 15) is 4.79 Å². The standard InChI is InChI=1S/C12H20N4O/c1-3-13-11-6-9-16(12(11)17)8-5-10-4-7-15(2)14-10/h4,7,11,13H,3,5-6,8-9H2,1-2H3. The number of rotatable bonds is 5. The minimum atomic E-state index is 0.0312. The van der Waals surface area contributed by atoms with Crippen molar-refractivity contribution in [3.05, 3.63) is 18.0 Å².